The second-order valence-corrected chi connectivity index (χ2v) is 4.06. The zero-order chi connectivity index (χ0) is 11.7. The molecule has 0 aliphatic heterocycles. The van der Waals surface area contributed by atoms with E-state index in [2.05, 4.69) is 10.2 Å². The van der Waals surface area contributed by atoms with Crippen LogP contribution in [0.3, 0.4) is 0 Å². The minimum absolute atomic E-state index is 0.0397. The predicted octanol–water partition coefficient (Wildman–Crippen LogP) is 0.463. The first-order valence-electron chi connectivity index (χ1n) is 5.62. The van der Waals surface area contributed by atoms with Gasteiger partial charge in [0.05, 0.1) is 0 Å². The molecule has 0 aromatic carbocycles. The lowest BCUT2D eigenvalue weighted by molar-refractivity contribution is -0.124. The molecule has 4 nitrogen and oxygen atoms in total. The van der Waals surface area contributed by atoms with Crippen LogP contribution in [0.5, 0.6) is 0 Å². The van der Waals surface area contributed by atoms with E-state index in [1.807, 2.05) is 14.0 Å². The van der Waals surface area contributed by atoms with Crippen LogP contribution in [0.2, 0.25) is 0 Å². The smallest absolute Gasteiger partial charge is 0.223 e. The number of nitrogens with zero attached hydrogens (tertiary/aromatic N) is 1. The second kappa shape index (κ2) is 8.68. The topological polar surface area (TPSA) is 52.6 Å². The summed E-state index contributed by atoms with van der Waals surface area (Å²) < 4.78 is 0. The Hall–Kier alpha value is -0.610. The van der Waals surface area contributed by atoms with E-state index in [4.69, 9.17) is 5.11 Å². The van der Waals surface area contributed by atoms with Gasteiger partial charge in [-0.05, 0) is 32.9 Å². The maximum Gasteiger partial charge on any atom is 0.223 e. The summed E-state index contributed by atoms with van der Waals surface area (Å²) in [4.78, 5) is 13.4. The van der Waals surface area contributed by atoms with Crippen LogP contribution in [0.4, 0.5) is 0 Å². The van der Waals surface area contributed by atoms with Gasteiger partial charge in [-0.25, -0.2) is 0 Å². The summed E-state index contributed by atoms with van der Waals surface area (Å²) in [5.41, 5.74) is 0. The maximum atomic E-state index is 11.3. The van der Waals surface area contributed by atoms with Crippen LogP contribution < -0.4 is 5.32 Å². The third-order valence-electron chi connectivity index (χ3n) is 2.48. The van der Waals surface area contributed by atoms with Crippen LogP contribution in [0.15, 0.2) is 0 Å². The molecule has 1 amide bonds. The van der Waals surface area contributed by atoms with Crippen LogP contribution >= 0.6 is 0 Å². The molecule has 90 valence electrons. The highest BCUT2D eigenvalue weighted by atomic mass is 16.2. The SMILES string of the molecule is CNC(=O)C(C)CN(C)CCCCCO. The van der Waals surface area contributed by atoms with Gasteiger partial charge in [-0.3, -0.25) is 4.79 Å². The molecule has 1 atom stereocenters. The fourth-order valence-corrected chi connectivity index (χ4v) is 1.56. The normalized spacial score (nSPS) is 12.9. The molecule has 0 aliphatic carbocycles. The number of amides is 1. The van der Waals surface area contributed by atoms with Crippen LogP contribution in [-0.4, -0.2) is 49.7 Å². The first kappa shape index (κ1) is 14.4. The Labute approximate surface area is 92.7 Å². The quantitative estimate of drug-likeness (QED) is 0.580. The minimum atomic E-state index is 0.0397. The van der Waals surface area contributed by atoms with E-state index in [9.17, 15) is 4.79 Å². The van der Waals surface area contributed by atoms with E-state index in [0.29, 0.717) is 0 Å². The molecule has 0 aromatic rings. The molecular weight excluding hydrogens is 192 g/mol. The molecule has 2 N–H and O–H groups in total. The molecule has 15 heavy (non-hydrogen) atoms. The lowest BCUT2D eigenvalue weighted by atomic mass is 10.1. The number of nitrogens with one attached hydrogen (secondary N) is 1. The predicted molar refractivity (Wildman–Crippen MR) is 61.7 cm³/mol. The van der Waals surface area contributed by atoms with Gasteiger partial charge in [-0.1, -0.05) is 6.92 Å². The van der Waals surface area contributed by atoms with Crippen molar-refractivity contribution in [2.45, 2.75) is 26.2 Å². The summed E-state index contributed by atoms with van der Waals surface area (Å²) in [6.07, 6.45) is 3.01. The molecule has 0 bridgehead atoms. The molecule has 0 saturated heterocycles. The summed E-state index contributed by atoms with van der Waals surface area (Å²) in [7, 11) is 3.69. The third kappa shape index (κ3) is 7.33. The molecular formula is C11H24N2O2. The summed E-state index contributed by atoms with van der Waals surface area (Å²) in [5.74, 6) is 0.134. The van der Waals surface area contributed by atoms with Gasteiger partial charge in [0.25, 0.3) is 0 Å². The summed E-state index contributed by atoms with van der Waals surface area (Å²) in [5, 5.41) is 11.3. The Kier molecular flexibility index (Phi) is 8.33. The Bertz CT molecular complexity index is 174. The number of hydrogen-bond acceptors (Lipinski definition) is 3. The van der Waals surface area contributed by atoms with Crippen molar-refractivity contribution in [1.82, 2.24) is 10.2 Å². The van der Waals surface area contributed by atoms with Gasteiger partial charge >= 0.3 is 0 Å². The summed E-state index contributed by atoms with van der Waals surface area (Å²) in [6, 6.07) is 0. The largest absolute Gasteiger partial charge is 0.396 e. The standard InChI is InChI=1S/C11H24N2O2/c1-10(11(15)12-2)9-13(3)7-5-4-6-8-14/h10,14H,4-9H2,1-3H3,(H,12,15). The third-order valence-corrected chi connectivity index (χ3v) is 2.48. The van der Waals surface area contributed by atoms with E-state index in [1.165, 1.54) is 0 Å². The van der Waals surface area contributed by atoms with Crippen molar-refractivity contribution in [3.8, 4) is 0 Å². The van der Waals surface area contributed by atoms with Gasteiger partial charge in [0, 0.05) is 26.1 Å². The number of carbonyl (C=O) groups excluding carboxylic acids is 1. The first-order chi connectivity index (χ1) is 7.11. The number of unbranched alkanes of at least 4 members (excludes halogenated alkanes) is 2. The number of rotatable bonds is 8. The van der Waals surface area contributed by atoms with Crippen molar-refractivity contribution < 1.29 is 9.90 Å². The Morgan fingerprint density at radius 1 is 1.40 bits per heavy atom. The van der Waals surface area contributed by atoms with Crippen molar-refractivity contribution in [2.24, 2.45) is 5.92 Å². The van der Waals surface area contributed by atoms with Crippen molar-refractivity contribution >= 4 is 5.91 Å². The van der Waals surface area contributed by atoms with Crippen LogP contribution in [-0.2, 0) is 4.79 Å². The molecule has 0 radical (unpaired) electrons. The highest BCUT2D eigenvalue weighted by molar-refractivity contribution is 5.78. The molecule has 0 aliphatic rings. The van der Waals surface area contributed by atoms with E-state index in [1.54, 1.807) is 7.05 Å². The zero-order valence-corrected chi connectivity index (χ0v) is 10.1. The number of carbonyl (C=O) groups is 1. The molecule has 1 unspecified atom stereocenters. The average molecular weight is 216 g/mol. The highest BCUT2D eigenvalue weighted by Crippen LogP contribution is 2.01. The monoisotopic (exact) mass is 216 g/mol. The fraction of sp³-hybridized carbons (Fsp3) is 0.909. The number of aliphatic hydroxyl groups excluding tert-OH is 1. The van der Waals surface area contributed by atoms with E-state index in [0.717, 1.165) is 32.4 Å². The van der Waals surface area contributed by atoms with Gasteiger partial charge in [-0.15, -0.1) is 0 Å². The van der Waals surface area contributed by atoms with Crippen LogP contribution in [0, 0.1) is 5.92 Å². The minimum Gasteiger partial charge on any atom is -0.396 e. The second-order valence-electron chi connectivity index (χ2n) is 4.06. The van der Waals surface area contributed by atoms with Gasteiger partial charge in [0.15, 0.2) is 0 Å². The first-order valence-corrected chi connectivity index (χ1v) is 5.62. The van der Waals surface area contributed by atoms with Crippen LogP contribution in [0.25, 0.3) is 0 Å². The summed E-state index contributed by atoms with van der Waals surface area (Å²) >= 11 is 0. The van der Waals surface area contributed by atoms with Gasteiger partial charge in [0.1, 0.15) is 0 Å². The van der Waals surface area contributed by atoms with Gasteiger partial charge in [0.2, 0.25) is 5.91 Å². The van der Waals surface area contributed by atoms with E-state index in [-0.39, 0.29) is 18.4 Å². The number of hydrogen-bond donors (Lipinski definition) is 2. The Balaban J connectivity index is 3.55. The van der Waals surface area contributed by atoms with Gasteiger partial charge in [-0.2, -0.15) is 0 Å². The molecule has 0 spiro atoms. The molecule has 0 aromatic heterocycles. The summed E-state index contributed by atoms with van der Waals surface area (Å²) in [6.45, 7) is 3.99. The van der Waals surface area contributed by atoms with E-state index >= 15 is 0 Å². The zero-order valence-electron chi connectivity index (χ0n) is 10.1. The lowest BCUT2D eigenvalue weighted by Gasteiger charge is -2.20. The maximum absolute atomic E-state index is 11.3. The Morgan fingerprint density at radius 3 is 2.60 bits per heavy atom. The highest BCUT2D eigenvalue weighted by Gasteiger charge is 2.12. The van der Waals surface area contributed by atoms with Crippen LogP contribution in [0.1, 0.15) is 26.2 Å². The average Bonchev–Trinajstić information content (AvgIpc) is 2.23. The van der Waals surface area contributed by atoms with E-state index < -0.39 is 0 Å². The van der Waals surface area contributed by atoms with Crippen molar-refractivity contribution in [1.29, 1.82) is 0 Å². The molecule has 0 heterocycles. The lowest BCUT2D eigenvalue weighted by Crippen LogP contribution is -2.34. The van der Waals surface area contributed by atoms with Crippen molar-refractivity contribution in [3.05, 3.63) is 0 Å². The molecule has 0 rings (SSSR count). The van der Waals surface area contributed by atoms with Crippen molar-refractivity contribution in [3.63, 3.8) is 0 Å². The number of aliphatic hydroxyl groups is 1. The molecule has 0 saturated carbocycles. The Morgan fingerprint density at radius 2 is 2.07 bits per heavy atom. The van der Waals surface area contributed by atoms with Crippen molar-refractivity contribution in [2.75, 3.05) is 33.8 Å². The molecule has 0 fully saturated rings. The molecule has 4 heteroatoms. The fourth-order valence-electron chi connectivity index (χ4n) is 1.56. The van der Waals surface area contributed by atoms with Gasteiger partial charge < -0.3 is 15.3 Å².